The molecule has 0 bridgehead atoms. The molecule has 7 heteroatoms. The molecule has 0 spiro atoms. The predicted molar refractivity (Wildman–Crippen MR) is 74.4 cm³/mol. The zero-order valence-electron chi connectivity index (χ0n) is 11.7. The Morgan fingerprint density at radius 2 is 1.91 bits per heavy atom. The maximum atomic E-state index is 13.4. The lowest BCUT2D eigenvalue weighted by Crippen LogP contribution is -2.33. The number of hydrogen-bond donors (Lipinski definition) is 2. The van der Waals surface area contributed by atoms with Crippen molar-refractivity contribution in [3.63, 3.8) is 0 Å². The lowest BCUT2D eigenvalue weighted by atomic mass is 10.1. The van der Waals surface area contributed by atoms with Gasteiger partial charge in [-0.3, -0.25) is 9.59 Å². The molecular formula is C15H15F3N2O2. The van der Waals surface area contributed by atoms with Gasteiger partial charge in [-0.15, -0.1) is 0 Å². The van der Waals surface area contributed by atoms with Gasteiger partial charge in [0.25, 0.3) is 0 Å². The molecule has 118 valence electrons. The van der Waals surface area contributed by atoms with Crippen LogP contribution in [0.1, 0.15) is 19.3 Å². The van der Waals surface area contributed by atoms with E-state index in [0.717, 1.165) is 18.9 Å². The van der Waals surface area contributed by atoms with Crippen molar-refractivity contribution in [2.24, 2.45) is 5.92 Å². The van der Waals surface area contributed by atoms with Gasteiger partial charge in [0.1, 0.15) is 0 Å². The molecule has 0 saturated heterocycles. The van der Waals surface area contributed by atoms with Gasteiger partial charge in [0.05, 0.1) is 12.2 Å². The summed E-state index contributed by atoms with van der Waals surface area (Å²) in [5.41, 5.74) is -0.475. The number of benzene rings is 1. The van der Waals surface area contributed by atoms with Crippen LogP contribution < -0.4 is 10.6 Å². The lowest BCUT2D eigenvalue weighted by molar-refractivity contribution is -0.124. The van der Waals surface area contributed by atoms with Gasteiger partial charge in [-0.25, -0.2) is 13.2 Å². The first-order chi connectivity index (χ1) is 10.5. The maximum absolute atomic E-state index is 13.4. The predicted octanol–water partition coefficient (Wildman–Crippen LogP) is 2.51. The highest BCUT2D eigenvalue weighted by Crippen LogP contribution is 2.20. The van der Waals surface area contributed by atoms with Crippen LogP contribution in [-0.2, 0) is 9.59 Å². The number of amides is 2. The molecule has 0 saturated carbocycles. The van der Waals surface area contributed by atoms with Gasteiger partial charge in [-0.1, -0.05) is 12.2 Å². The summed E-state index contributed by atoms with van der Waals surface area (Å²) < 4.78 is 39.1. The van der Waals surface area contributed by atoms with E-state index in [2.05, 4.69) is 10.6 Å². The normalized spacial score (nSPS) is 16.6. The number of hydrogen-bond acceptors (Lipinski definition) is 2. The van der Waals surface area contributed by atoms with Crippen molar-refractivity contribution in [3.8, 4) is 0 Å². The highest BCUT2D eigenvalue weighted by Gasteiger charge is 2.17. The molecule has 2 amide bonds. The van der Waals surface area contributed by atoms with E-state index in [0.29, 0.717) is 6.07 Å². The van der Waals surface area contributed by atoms with Crippen molar-refractivity contribution in [1.82, 2.24) is 5.32 Å². The fourth-order valence-electron chi connectivity index (χ4n) is 2.17. The third-order valence-corrected chi connectivity index (χ3v) is 3.32. The minimum atomic E-state index is -1.66. The zero-order valence-corrected chi connectivity index (χ0v) is 11.7. The van der Waals surface area contributed by atoms with E-state index < -0.39 is 29.0 Å². The number of carbonyl (C=O) groups excluding carboxylic acids is 2. The molecular weight excluding hydrogens is 297 g/mol. The van der Waals surface area contributed by atoms with Gasteiger partial charge in [-0.2, -0.15) is 0 Å². The van der Waals surface area contributed by atoms with Crippen LogP contribution in [-0.4, -0.2) is 18.4 Å². The standard InChI is InChI=1S/C15H15F3N2O2/c16-10-5-6-11(15(18)14(10)17)20-13(22)8-19-12(21)7-9-3-1-2-4-9/h1,3,5-6,9H,2,4,7-8H2,(H,19,21)(H,20,22). The van der Waals surface area contributed by atoms with E-state index in [1.807, 2.05) is 12.2 Å². The molecule has 1 atom stereocenters. The number of halogens is 3. The Hall–Kier alpha value is -2.31. The summed E-state index contributed by atoms with van der Waals surface area (Å²) in [6, 6.07) is 1.62. The van der Waals surface area contributed by atoms with Gasteiger partial charge in [0, 0.05) is 6.42 Å². The summed E-state index contributed by atoms with van der Waals surface area (Å²) in [6.07, 6.45) is 6.07. The summed E-state index contributed by atoms with van der Waals surface area (Å²) in [5, 5.41) is 4.48. The highest BCUT2D eigenvalue weighted by molar-refractivity contribution is 5.94. The quantitative estimate of drug-likeness (QED) is 0.648. The second-order valence-corrected chi connectivity index (χ2v) is 5.02. The molecule has 2 N–H and O–H groups in total. The average molecular weight is 312 g/mol. The van der Waals surface area contributed by atoms with Crippen LogP contribution in [0.5, 0.6) is 0 Å². The maximum Gasteiger partial charge on any atom is 0.243 e. The molecule has 0 aromatic heterocycles. The number of anilines is 1. The molecule has 0 fully saturated rings. The minimum Gasteiger partial charge on any atom is -0.347 e. The third kappa shape index (κ3) is 4.09. The Bertz CT molecular complexity index is 617. The number of allylic oxidation sites excluding steroid dienone is 2. The second kappa shape index (κ2) is 7.11. The molecule has 0 aliphatic heterocycles. The minimum absolute atomic E-state index is 0.173. The van der Waals surface area contributed by atoms with Crippen LogP contribution in [0.3, 0.4) is 0 Å². The molecule has 1 aliphatic carbocycles. The Morgan fingerprint density at radius 1 is 1.14 bits per heavy atom. The Kier molecular flexibility index (Phi) is 5.19. The van der Waals surface area contributed by atoms with Crippen LogP contribution in [0.2, 0.25) is 0 Å². The van der Waals surface area contributed by atoms with Crippen molar-refractivity contribution in [3.05, 3.63) is 41.7 Å². The number of nitrogens with one attached hydrogen (secondary N) is 2. The van der Waals surface area contributed by atoms with Crippen LogP contribution in [0.15, 0.2) is 24.3 Å². The fraction of sp³-hybridized carbons (Fsp3) is 0.333. The monoisotopic (exact) mass is 312 g/mol. The average Bonchev–Trinajstić information content (AvgIpc) is 2.99. The van der Waals surface area contributed by atoms with Gasteiger partial charge < -0.3 is 10.6 Å². The lowest BCUT2D eigenvalue weighted by Gasteiger charge is -2.10. The SMILES string of the molecule is O=C(CC1C=CCC1)NCC(=O)Nc1ccc(F)c(F)c1F. The molecule has 22 heavy (non-hydrogen) atoms. The van der Waals surface area contributed by atoms with Crippen molar-refractivity contribution >= 4 is 17.5 Å². The van der Waals surface area contributed by atoms with E-state index in [9.17, 15) is 22.8 Å². The molecule has 1 unspecified atom stereocenters. The summed E-state index contributed by atoms with van der Waals surface area (Å²) in [7, 11) is 0. The zero-order chi connectivity index (χ0) is 16.1. The topological polar surface area (TPSA) is 58.2 Å². The van der Waals surface area contributed by atoms with E-state index in [4.69, 9.17) is 0 Å². The highest BCUT2D eigenvalue weighted by atomic mass is 19.2. The molecule has 0 heterocycles. The Morgan fingerprint density at radius 3 is 2.59 bits per heavy atom. The molecule has 4 nitrogen and oxygen atoms in total. The van der Waals surface area contributed by atoms with Gasteiger partial charge >= 0.3 is 0 Å². The molecule has 2 rings (SSSR count). The van der Waals surface area contributed by atoms with Crippen LogP contribution in [0.4, 0.5) is 18.9 Å². The third-order valence-electron chi connectivity index (χ3n) is 3.32. The molecule has 0 radical (unpaired) electrons. The summed E-state index contributed by atoms with van der Waals surface area (Å²) >= 11 is 0. The van der Waals surface area contributed by atoms with Crippen LogP contribution in [0, 0.1) is 23.4 Å². The molecule has 1 aromatic rings. The largest absolute Gasteiger partial charge is 0.347 e. The molecule has 1 aliphatic rings. The van der Waals surface area contributed by atoms with E-state index >= 15 is 0 Å². The van der Waals surface area contributed by atoms with Crippen molar-refractivity contribution in [2.75, 3.05) is 11.9 Å². The Labute approximate surface area is 125 Å². The fourth-order valence-corrected chi connectivity index (χ4v) is 2.17. The van der Waals surface area contributed by atoms with Crippen molar-refractivity contribution < 1.29 is 22.8 Å². The van der Waals surface area contributed by atoms with Crippen LogP contribution in [0.25, 0.3) is 0 Å². The Balaban J connectivity index is 1.81. The first-order valence-electron chi connectivity index (χ1n) is 6.84. The smallest absolute Gasteiger partial charge is 0.243 e. The number of rotatable bonds is 5. The summed E-state index contributed by atoms with van der Waals surface area (Å²) in [5.74, 6) is -5.32. The first kappa shape index (κ1) is 16.1. The van der Waals surface area contributed by atoms with Crippen molar-refractivity contribution in [1.29, 1.82) is 0 Å². The van der Waals surface area contributed by atoms with Gasteiger partial charge in [0.2, 0.25) is 11.8 Å². The van der Waals surface area contributed by atoms with E-state index in [-0.39, 0.29) is 24.8 Å². The number of carbonyl (C=O) groups is 2. The van der Waals surface area contributed by atoms with E-state index in [1.165, 1.54) is 0 Å². The van der Waals surface area contributed by atoms with Gasteiger partial charge in [-0.05, 0) is 30.9 Å². The van der Waals surface area contributed by atoms with Gasteiger partial charge in [0.15, 0.2) is 17.5 Å². The molecule has 1 aromatic carbocycles. The first-order valence-corrected chi connectivity index (χ1v) is 6.84. The van der Waals surface area contributed by atoms with Crippen molar-refractivity contribution in [2.45, 2.75) is 19.3 Å². The van der Waals surface area contributed by atoms with E-state index in [1.54, 1.807) is 0 Å². The summed E-state index contributed by atoms with van der Waals surface area (Å²) in [6.45, 7) is -0.367. The summed E-state index contributed by atoms with van der Waals surface area (Å²) in [4.78, 5) is 23.2. The van der Waals surface area contributed by atoms with Crippen LogP contribution >= 0.6 is 0 Å². The second-order valence-electron chi connectivity index (χ2n) is 5.02.